The number of aromatic nitrogens is 2. The highest BCUT2D eigenvalue weighted by Gasteiger charge is 2.22. The Morgan fingerprint density at radius 3 is 2.74 bits per heavy atom. The first-order chi connectivity index (χ1) is 13.1. The summed E-state index contributed by atoms with van der Waals surface area (Å²) in [5.41, 5.74) is 1.21. The second kappa shape index (κ2) is 8.70. The molecule has 0 atom stereocenters. The van der Waals surface area contributed by atoms with Crippen molar-refractivity contribution in [1.29, 1.82) is 0 Å². The van der Waals surface area contributed by atoms with Gasteiger partial charge in [-0.05, 0) is 30.5 Å². The number of carbonyl (C=O) groups excluding carboxylic acids is 2. The Balaban J connectivity index is 1.59. The number of nitrogens with zero attached hydrogens (tertiary/aromatic N) is 2. The minimum atomic E-state index is -0.286. The molecule has 1 fully saturated rings. The quantitative estimate of drug-likeness (QED) is 0.819. The average Bonchev–Trinajstić information content (AvgIpc) is 3.07. The lowest BCUT2D eigenvalue weighted by atomic mass is 9.89. The molecule has 1 aliphatic rings. The van der Waals surface area contributed by atoms with Crippen LogP contribution in [0.15, 0.2) is 30.3 Å². The largest absolute Gasteiger partial charge is 0.497 e. The molecule has 1 saturated carbocycles. The number of benzene rings is 1. The number of anilines is 1. The first-order valence-corrected chi connectivity index (χ1v) is 9.33. The Morgan fingerprint density at radius 2 is 2.00 bits per heavy atom. The lowest BCUT2D eigenvalue weighted by molar-refractivity contribution is -0.120. The van der Waals surface area contributed by atoms with E-state index < -0.39 is 0 Å². The molecule has 2 amide bonds. The molecular weight excluding hydrogens is 344 g/mol. The van der Waals surface area contributed by atoms with Crippen molar-refractivity contribution in [1.82, 2.24) is 15.1 Å². The van der Waals surface area contributed by atoms with Crippen LogP contribution < -0.4 is 15.4 Å². The van der Waals surface area contributed by atoms with Crippen LogP contribution in [-0.4, -0.2) is 28.7 Å². The molecule has 0 bridgehead atoms. The van der Waals surface area contributed by atoms with E-state index in [0.717, 1.165) is 37.0 Å². The van der Waals surface area contributed by atoms with Crippen molar-refractivity contribution >= 4 is 17.6 Å². The molecule has 0 saturated heterocycles. The van der Waals surface area contributed by atoms with Crippen molar-refractivity contribution in [3.05, 3.63) is 41.6 Å². The van der Waals surface area contributed by atoms with Crippen LogP contribution in [0.2, 0.25) is 0 Å². The summed E-state index contributed by atoms with van der Waals surface area (Å²) in [7, 11) is 3.32. The van der Waals surface area contributed by atoms with E-state index in [0.29, 0.717) is 12.4 Å². The third kappa shape index (κ3) is 4.87. The van der Waals surface area contributed by atoms with Gasteiger partial charge >= 0.3 is 0 Å². The van der Waals surface area contributed by atoms with Crippen molar-refractivity contribution in [3.8, 4) is 5.75 Å². The van der Waals surface area contributed by atoms with Gasteiger partial charge in [0.2, 0.25) is 5.91 Å². The van der Waals surface area contributed by atoms with Gasteiger partial charge in [-0.25, -0.2) is 0 Å². The number of methoxy groups -OCH3 is 1. The Bertz CT molecular complexity index is 809. The molecule has 2 N–H and O–H groups in total. The summed E-state index contributed by atoms with van der Waals surface area (Å²) in [4.78, 5) is 24.8. The van der Waals surface area contributed by atoms with E-state index in [1.54, 1.807) is 20.2 Å². The predicted octanol–water partition coefficient (Wildman–Crippen LogP) is 2.88. The molecule has 3 rings (SSSR count). The molecule has 2 aromatic rings. The molecule has 0 spiro atoms. The summed E-state index contributed by atoms with van der Waals surface area (Å²) in [6, 6.07) is 9.12. The van der Waals surface area contributed by atoms with Crippen molar-refractivity contribution in [2.24, 2.45) is 13.0 Å². The van der Waals surface area contributed by atoms with Crippen molar-refractivity contribution in [2.45, 2.75) is 38.6 Å². The number of nitrogens with one attached hydrogen (secondary N) is 2. The van der Waals surface area contributed by atoms with Gasteiger partial charge in [0.25, 0.3) is 5.91 Å². The second-order valence-electron chi connectivity index (χ2n) is 6.90. The number of ether oxygens (including phenoxy) is 1. The van der Waals surface area contributed by atoms with Gasteiger partial charge in [-0.15, -0.1) is 0 Å². The molecule has 1 heterocycles. The van der Waals surface area contributed by atoms with Crippen LogP contribution in [0.5, 0.6) is 5.75 Å². The van der Waals surface area contributed by atoms with Crippen LogP contribution in [-0.2, 0) is 18.4 Å². The summed E-state index contributed by atoms with van der Waals surface area (Å²) in [6.45, 7) is 0.371. The molecule has 0 aliphatic heterocycles. The maximum atomic E-state index is 12.4. The molecular formula is C20H26N4O3. The van der Waals surface area contributed by atoms with Crippen LogP contribution in [0.4, 0.5) is 5.82 Å². The summed E-state index contributed by atoms with van der Waals surface area (Å²) in [5.74, 6) is 1.07. The molecule has 27 heavy (non-hydrogen) atoms. The summed E-state index contributed by atoms with van der Waals surface area (Å²) >= 11 is 0. The zero-order valence-corrected chi connectivity index (χ0v) is 15.8. The highest BCUT2D eigenvalue weighted by atomic mass is 16.5. The average molecular weight is 370 g/mol. The molecule has 7 nitrogen and oxygen atoms in total. The van der Waals surface area contributed by atoms with Crippen molar-refractivity contribution in [3.63, 3.8) is 0 Å². The number of amides is 2. The molecule has 0 radical (unpaired) electrons. The fourth-order valence-corrected chi connectivity index (χ4v) is 3.34. The first-order valence-electron chi connectivity index (χ1n) is 9.33. The fraction of sp³-hybridized carbons (Fsp3) is 0.450. The van der Waals surface area contributed by atoms with E-state index in [-0.39, 0.29) is 23.4 Å². The van der Waals surface area contributed by atoms with Gasteiger partial charge in [-0.3, -0.25) is 14.3 Å². The normalized spacial score (nSPS) is 14.6. The minimum absolute atomic E-state index is 0.0149. The third-order valence-corrected chi connectivity index (χ3v) is 4.93. The molecule has 1 aromatic carbocycles. The van der Waals surface area contributed by atoms with Gasteiger partial charge in [0.05, 0.1) is 7.11 Å². The fourth-order valence-electron chi connectivity index (χ4n) is 3.34. The number of aryl methyl sites for hydroxylation is 1. The van der Waals surface area contributed by atoms with E-state index in [4.69, 9.17) is 4.74 Å². The van der Waals surface area contributed by atoms with E-state index in [1.165, 1.54) is 11.1 Å². The van der Waals surface area contributed by atoms with Gasteiger partial charge in [0.15, 0.2) is 5.69 Å². The summed E-state index contributed by atoms with van der Waals surface area (Å²) in [6.07, 6.45) is 5.25. The highest BCUT2D eigenvalue weighted by molar-refractivity contribution is 5.96. The minimum Gasteiger partial charge on any atom is -0.497 e. The topological polar surface area (TPSA) is 85.3 Å². The molecule has 0 unspecified atom stereocenters. The molecule has 144 valence electrons. The zero-order valence-electron chi connectivity index (χ0n) is 15.8. The SMILES string of the molecule is COc1cccc(CNC(=O)c2cc(NC(=O)C3CCCCC3)n(C)n2)c1. The van der Waals surface area contributed by atoms with E-state index in [9.17, 15) is 9.59 Å². The van der Waals surface area contributed by atoms with Gasteiger partial charge in [0, 0.05) is 25.6 Å². The standard InChI is InChI=1S/C20H26N4O3/c1-24-18(22-19(25)15-8-4-3-5-9-15)12-17(23-24)20(26)21-13-14-7-6-10-16(11-14)27-2/h6-7,10-12,15H,3-5,8-9,13H2,1-2H3,(H,21,26)(H,22,25). The highest BCUT2D eigenvalue weighted by Crippen LogP contribution is 2.25. The van der Waals surface area contributed by atoms with Crippen LogP contribution in [0, 0.1) is 5.92 Å². The predicted molar refractivity (Wildman–Crippen MR) is 103 cm³/mol. The van der Waals surface area contributed by atoms with Crippen LogP contribution in [0.25, 0.3) is 0 Å². The van der Waals surface area contributed by atoms with Crippen LogP contribution in [0.1, 0.15) is 48.2 Å². The van der Waals surface area contributed by atoms with Gasteiger partial charge in [0.1, 0.15) is 11.6 Å². The molecule has 7 heteroatoms. The third-order valence-electron chi connectivity index (χ3n) is 4.93. The van der Waals surface area contributed by atoms with Crippen molar-refractivity contribution in [2.75, 3.05) is 12.4 Å². The Morgan fingerprint density at radius 1 is 1.22 bits per heavy atom. The summed E-state index contributed by atoms with van der Waals surface area (Å²) in [5, 5.41) is 9.97. The van der Waals surface area contributed by atoms with Gasteiger partial charge < -0.3 is 15.4 Å². The number of hydrogen-bond acceptors (Lipinski definition) is 4. The van der Waals surface area contributed by atoms with Crippen LogP contribution >= 0.6 is 0 Å². The van der Waals surface area contributed by atoms with Gasteiger partial charge in [-0.1, -0.05) is 31.4 Å². The summed E-state index contributed by atoms with van der Waals surface area (Å²) < 4.78 is 6.71. The maximum Gasteiger partial charge on any atom is 0.272 e. The second-order valence-corrected chi connectivity index (χ2v) is 6.90. The van der Waals surface area contributed by atoms with E-state index in [1.807, 2.05) is 24.3 Å². The Labute approximate surface area is 159 Å². The Hall–Kier alpha value is -2.83. The van der Waals surface area contributed by atoms with Gasteiger partial charge in [-0.2, -0.15) is 5.10 Å². The molecule has 1 aromatic heterocycles. The lowest BCUT2D eigenvalue weighted by Crippen LogP contribution is -2.25. The zero-order chi connectivity index (χ0) is 19.2. The van der Waals surface area contributed by atoms with E-state index >= 15 is 0 Å². The monoisotopic (exact) mass is 370 g/mol. The van der Waals surface area contributed by atoms with E-state index in [2.05, 4.69) is 15.7 Å². The Kier molecular flexibility index (Phi) is 6.11. The number of carbonyl (C=O) groups is 2. The number of hydrogen-bond donors (Lipinski definition) is 2. The molecule has 1 aliphatic carbocycles. The van der Waals surface area contributed by atoms with Crippen LogP contribution in [0.3, 0.4) is 0 Å². The smallest absolute Gasteiger partial charge is 0.272 e. The first kappa shape index (κ1) is 18.9. The lowest BCUT2D eigenvalue weighted by Gasteiger charge is -2.20. The van der Waals surface area contributed by atoms with Crippen molar-refractivity contribution < 1.29 is 14.3 Å². The number of rotatable bonds is 6. The maximum absolute atomic E-state index is 12.4.